The van der Waals surface area contributed by atoms with Crippen molar-refractivity contribution in [2.24, 2.45) is 0 Å². The molecule has 24 heavy (non-hydrogen) atoms. The van der Waals surface area contributed by atoms with E-state index in [-0.39, 0.29) is 11.6 Å². The van der Waals surface area contributed by atoms with E-state index < -0.39 is 0 Å². The first-order chi connectivity index (χ1) is 11.7. The Labute approximate surface area is 145 Å². The van der Waals surface area contributed by atoms with Gasteiger partial charge in [-0.1, -0.05) is 87.4 Å². The highest BCUT2D eigenvalue weighted by molar-refractivity contribution is 5.96. The molecule has 0 aromatic heterocycles. The lowest BCUT2D eigenvalue weighted by Gasteiger charge is -1.97. The normalized spacial score (nSPS) is 9.75. The lowest BCUT2D eigenvalue weighted by atomic mass is 10.1. The highest BCUT2D eigenvalue weighted by Crippen LogP contribution is 2.06. The average molecular weight is 324 g/mol. The standard InChI is InChI=1S/2C11H14O/c2*1-2-3-9-11(12)10-7-5-4-6-8-10/h2*4-8H,2-3,9H2,1H3. The molecule has 0 fully saturated rings. The van der Waals surface area contributed by atoms with Crippen LogP contribution >= 0.6 is 0 Å². The molecule has 128 valence electrons. The highest BCUT2D eigenvalue weighted by Gasteiger charge is 2.03. The van der Waals surface area contributed by atoms with Crippen molar-refractivity contribution in [3.63, 3.8) is 0 Å². The first-order valence-electron chi connectivity index (χ1n) is 8.85. The summed E-state index contributed by atoms with van der Waals surface area (Å²) in [6.07, 6.45) is 5.51. The lowest BCUT2D eigenvalue weighted by Crippen LogP contribution is -1.97. The van der Waals surface area contributed by atoms with E-state index in [0.717, 1.165) is 36.8 Å². The molecule has 0 saturated carbocycles. The van der Waals surface area contributed by atoms with Gasteiger partial charge in [-0.15, -0.1) is 0 Å². The molecule has 2 aromatic carbocycles. The van der Waals surface area contributed by atoms with E-state index in [1.807, 2.05) is 60.7 Å². The van der Waals surface area contributed by atoms with Gasteiger partial charge >= 0.3 is 0 Å². The number of carbonyl (C=O) groups is 2. The van der Waals surface area contributed by atoms with Gasteiger partial charge in [0.15, 0.2) is 11.6 Å². The van der Waals surface area contributed by atoms with E-state index >= 15 is 0 Å². The van der Waals surface area contributed by atoms with Crippen LogP contribution in [0.2, 0.25) is 0 Å². The van der Waals surface area contributed by atoms with E-state index in [1.165, 1.54) is 0 Å². The molecule has 0 radical (unpaired) electrons. The van der Waals surface area contributed by atoms with E-state index in [4.69, 9.17) is 0 Å². The molecule has 0 unspecified atom stereocenters. The van der Waals surface area contributed by atoms with Gasteiger partial charge in [0.05, 0.1) is 0 Å². The molecule has 2 aromatic rings. The summed E-state index contributed by atoms with van der Waals surface area (Å²) < 4.78 is 0. The second kappa shape index (κ2) is 12.2. The number of hydrogen-bond acceptors (Lipinski definition) is 2. The Morgan fingerprint density at radius 3 is 1.25 bits per heavy atom. The summed E-state index contributed by atoms with van der Waals surface area (Å²) in [7, 11) is 0. The number of hydrogen-bond donors (Lipinski definition) is 0. The van der Waals surface area contributed by atoms with Gasteiger partial charge in [-0.05, 0) is 12.8 Å². The Hall–Kier alpha value is -2.22. The van der Waals surface area contributed by atoms with Crippen LogP contribution in [0.25, 0.3) is 0 Å². The number of unbranched alkanes of at least 4 members (excludes halogenated alkanes) is 2. The Bertz CT molecular complexity index is 532. The maximum Gasteiger partial charge on any atom is 0.162 e. The monoisotopic (exact) mass is 324 g/mol. The minimum atomic E-state index is 0.262. The Balaban J connectivity index is 0.000000240. The minimum absolute atomic E-state index is 0.262. The van der Waals surface area contributed by atoms with E-state index in [1.54, 1.807) is 0 Å². The second-order valence-electron chi connectivity index (χ2n) is 5.79. The van der Waals surface area contributed by atoms with Gasteiger partial charge in [-0.2, -0.15) is 0 Å². The maximum atomic E-state index is 11.4. The van der Waals surface area contributed by atoms with E-state index in [2.05, 4.69) is 13.8 Å². The van der Waals surface area contributed by atoms with Gasteiger partial charge in [-0.3, -0.25) is 9.59 Å². The van der Waals surface area contributed by atoms with Crippen LogP contribution in [0.4, 0.5) is 0 Å². The number of carbonyl (C=O) groups excluding carboxylic acids is 2. The van der Waals surface area contributed by atoms with E-state index in [9.17, 15) is 9.59 Å². The maximum absolute atomic E-state index is 11.4. The van der Waals surface area contributed by atoms with Crippen molar-refractivity contribution in [1.29, 1.82) is 0 Å². The summed E-state index contributed by atoms with van der Waals surface area (Å²) in [5.41, 5.74) is 1.68. The predicted molar refractivity (Wildman–Crippen MR) is 101 cm³/mol. The molecule has 0 bridgehead atoms. The Kier molecular flexibility index (Phi) is 10.1. The van der Waals surface area contributed by atoms with Crippen molar-refractivity contribution in [3.8, 4) is 0 Å². The van der Waals surface area contributed by atoms with E-state index in [0.29, 0.717) is 12.8 Å². The zero-order valence-electron chi connectivity index (χ0n) is 14.8. The van der Waals surface area contributed by atoms with Crippen molar-refractivity contribution >= 4 is 11.6 Å². The lowest BCUT2D eigenvalue weighted by molar-refractivity contribution is 0.0972. The largest absolute Gasteiger partial charge is 0.294 e. The first kappa shape index (κ1) is 19.8. The van der Waals surface area contributed by atoms with Gasteiger partial charge in [0.1, 0.15) is 0 Å². The van der Waals surface area contributed by atoms with Crippen LogP contribution in [0.1, 0.15) is 73.1 Å². The third-order valence-corrected chi connectivity index (χ3v) is 3.71. The highest BCUT2D eigenvalue weighted by atomic mass is 16.1. The van der Waals surface area contributed by atoms with Crippen LogP contribution in [0.5, 0.6) is 0 Å². The van der Waals surface area contributed by atoms with Crippen LogP contribution in [0, 0.1) is 0 Å². The van der Waals surface area contributed by atoms with Crippen LogP contribution in [0.15, 0.2) is 60.7 Å². The molecular formula is C22H28O2. The molecule has 0 amide bonds. The summed E-state index contributed by atoms with van der Waals surface area (Å²) in [5.74, 6) is 0.523. The molecule has 0 N–H and O–H groups in total. The van der Waals surface area contributed by atoms with Crippen LogP contribution in [0.3, 0.4) is 0 Å². The van der Waals surface area contributed by atoms with Gasteiger partial charge < -0.3 is 0 Å². The molecular weight excluding hydrogens is 296 g/mol. The summed E-state index contributed by atoms with van der Waals surface area (Å²) in [5, 5.41) is 0. The topological polar surface area (TPSA) is 34.1 Å². The third-order valence-electron chi connectivity index (χ3n) is 3.71. The zero-order valence-corrected chi connectivity index (χ0v) is 14.8. The summed E-state index contributed by atoms with van der Waals surface area (Å²) in [6, 6.07) is 19.0. The number of ketones is 2. The molecule has 0 saturated heterocycles. The number of benzene rings is 2. The van der Waals surface area contributed by atoms with Gasteiger partial charge in [0.2, 0.25) is 0 Å². The Morgan fingerprint density at radius 1 is 0.625 bits per heavy atom. The van der Waals surface area contributed by atoms with Gasteiger partial charge in [0.25, 0.3) is 0 Å². The SMILES string of the molecule is CCCCC(=O)c1ccccc1.CCCCC(=O)c1ccccc1. The quantitative estimate of drug-likeness (QED) is 0.548. The van der Waals surface area contributed by atoms with Crippen molar-refractivity contribution in [2.45, 2.75) is 52.4 Å². The fraction of sp³-hybridized carbons (Fsp3) is 0.364. The second-order valence-corrected chi connectivity index (χ2v) is 5.79. The predicted octanol–water partition coefficient (Wildman–Crippen LogP) is 6.12. The van der Waals surface area contributed by atoms with Crippen molar-refractivity contribution < 1.29 is 9.59 Å². The number of Topliss-reactive ketones (excluding diaryl/α,β-unsaturated/α-hetero) is 2. The smallest absolute Gasteiger partial charge is 0.162 e. The van der Waals surface area contributed by atoms with Gasteiger partial charge in [-0.25, -0.2) is 0 Å². The molecule has 0 heterocycles. The molecule has 0 aliphatic carbocycles. The zero-order chi connectivity index (χ0) is 17.6. The summed E-state index contributed by atoms with van der Waals surface area (Å²) >= 11 is 0. The fourth-order valence-corrected chi connectivity index (χ4v) is 2.21. The molecule has 0 aliphatic heterocycles. The molecule has 2 heteroatoms. The molecule has 2 nitrogen and oxygen atoms in total. The third kappa shape index (κ3) is 7.87. The molecule has 0 aliphatic rings. The van der Waals surface area contributed by atoms with Crippen LogP contribution in [-0.4, -0.2) is 11.6 Å². The van der Waals surface area contributed by atoms with Crippen LogP contribution in [-0.2, 0) is 0 Å². The van der Waals surface area contributed by atoms with Gasteiger partial charge in [0, 0.05) is 24.0 Å². The minimum Gasteiger partial charge on any atom is -0.294 e. The van der Waals surface area contributed by atoms with Crippen LogP contribution < -0.4 is 0 Å². The molecule has 0 spiro atoms. The van der Waals surface area contributed by atoms with Crippen molar-refractivity contribution in [1.82, 2.24) is 0 Å². The Morgan fingerprint density at radius 2 is 0.958 bits per heavy atom. The first-order valence-corrected chi connectivity index (χ1v) is 8.85. The molecule has 2 rings (SSSR count). The fourth-order valence-electron chi connectivity index (χ4n) is 2.21. The average Bonchev–Trinajstić information content (AvgIpc) is 2.66. The van der Waals surface area contributed by atoms with Crippen molar-refractivity contribution in [3.05, 3.63) is 71.8 Å². The molecule has 0 atom stereocenters. The summed E-state index contributed by atoms with van der Waals surface area (Å²) in [4.78, 5) is 22.8. The summed E-state index contributed by atoms with van der Waals surface area (Å²) in [6.45, 7) is 4.19. The number of rotatable bonds is 8. The van der Waals surface area contributed by atoms with Crippen molar-refractivity contribution in [2.75, 3.05) is 0 Å².